The number of hydrogen-bond donors (Lipinski definition) is 1. The second-order valence-corrected chi connectivity index (χ2v) is 7.42. The Hall–Kier alpha value is -2.70. The van der Waals surface area contributed by atoms with Crippen LogP contribution >= 0.6 is 11.6 Å². The Balaban J connectivity index is 1.37. The lowest BCUT2D eigenvalue weighted by molar-refractivity contribution is -0.117. The van der Waals surface area contributed by atoms with Crippen LogP contribution in [0.2, 0.25) is 5.02 Å². The van der Waals surface area contributed by atoms with Gasteiger partial charge >= 0.3 is 0 Å². The third-order valence-corrected chi connectivity index (χ3v) is 5.26. The number of anilines is 2. The van der Waals surface area contributed by atoms with E-state index in [2.05, 4.69) is 44.1 Å². The van der Waals surface area contributed by atoms with Crippen LogP contribution in [0.15, 0.2) is 48.8 Å². The Labute approximate surface area is 169 Å². The van der Waals surface area contributed by atoms with Crippen molar-refractivity contribution in [2.24, 2.45) is 0 Å². The fraction of sp³-hybridized carbons (Fsp3) is 0.286. The molecular weight excluding hydrogens is 374 g/mol. The van der Waals surface area contributed by atoms with E-state index in [1.54, 1.807) is 30.6 Å². The number of rotatable bonds is 4. The highest BCUT2D eigenvalue weighted by molar-refractivity contribution is 6.30. The highest BCUT2D eigenvalue weighted by Gasteiger charge is 2.21. The molecule has 0 aliphatic carbocycles. The minimum absolute atomic E-state index is 0.0149. The maximum Gasteiger partial charge on any atom is 0.238 e. The molecular formula is C21H22ClN5O. The summed E-state index contributed by atoms with van der Waals surface area (Å²) in [5.74, 6) is 0.956. The van der Waals surface area contributed by atoms with Crippen molar-refractivity contribution in [2.45, 2.75) is 6.92 Å². The lowest BCUT2D eigenvalue weighted by atomic mass is 10.1. The second-order valence-electron chi connectivity index (χ2n) is 6.99. The van der Waals surface area contributed by atoms with Crippen LogP contribution in [0.1, 0.15) is 5.56 Å². The predicted octanol–water partition coefficient (Wildman–Crippen LogP) is 3.35. The van der Waals surface area contributed by atoms with Crippen LogP contribution in [-0.2, 0) is 4.79 Å². The number of halogens is 1. The average Bonchev–Trinajstić information content (AvgIpc) is 2.70. The summed E-state index contributed by atoms with van der Waals surface area (Å²) < 4.78 is 0. The molecule has 0 bridgehead atoms. The van der Waals surface area contributed by atoms with E-state index in [0.29, 0.717) is 11.6 Å². The van der Waals surface area contributed by atoms with Gasteiger partial charge in [-0.2, -0.15) is 0 Å². The molecule has 1 aliphatic heterocycles. The molecule has 1 aromatic heterocycles. The number of carbonyl (C=O) groups excluding carboxylic acids is 1. The van der Waals surface area contributed by atoms with Crippen LogP contribution in [0, 0.1) is 6.92 Å². The van der Waals surface area contributed by atoms with Crippen LogP contribution in [0.25, 0.3) is 10.9 Å². The largest absolute Gasteiger partial charge is 0.353 e. The zero-order chi connectivity index (χ0) is 19.5. The quantitative estimate of drug-likeness (QED) is 0.734. The molecule has 0 saturated carbocycles. The molecule has 6 nitrogen and oxygen atoms in total. The van der Waals surface area contributed by atoms with E-state index in [0.717, 1.165) is 54.2 Å². The number of amides is 1. The minimum Gasteiger partial charge on any atom is -0.353 e. The molecule has 1 aliphatic rings. The summed E-state index contributed by atoms with van der Waals surface area (Å²) >= 11 is 5.88. The maximum atomic E-state index is 12.3. The molecule has 0 radical (unpaired) electrons. The van der Waals surface area contributed by atoms with E-state index in [4.69, 9.17) is 11.6 Å². The third-order valence-electron chi connectivity index (χ3n) is 5.01. The van der Waals surface area contributed by atoms with Gasteiger partial charge < -0.3 is 10.2 Å². The SMILES string of the molecule is Cc1cccc2c(N3CCN(CC(=O)Nc4ccc(Cl)cc4)CC3)ncnc12. The first-order valence-corrected chi connectivity index (χ1v) is 9.71. The van der Waals surface area contributed by atoms with Gasteiger partial charge in [0.2, 0.25) is 5.91 Å². The van der Waals surface area contributed by atoms with Gasteiger partial charge in [0.1, 0.15) is 12.1 Å². The van der Waals surface area contributed by atoms with Gasteiger partial charge in [0.15, 0.2) is 0 Å². The highest BCUT2D eigenvalue weighted by Crippen LogP contribution is 2.25. The number of nitrogens with one attached hydrogen (secondary N) is 1. The minimum atomic E-state index is -0.0149. The smallest absolute Gasteiger partial charge is 0.238 e. The zero-order valence-electron chi connectivity index (χ0n) is 15.7. The molecule has 28 heavy (non-hydrogen) atoms. The molecule has 144 valence electrons. The van der Waals surface area contributed by atoms with E-state index < -0.39 is 0 Å². The van der Waals surface area contributed by atoms with Crippen LogP contribution in [0.4, 0.5) is 11.5 Å². The van der Waals surface area contributed by atoms with Gasteiger partial charge in [-0.3, -0.25) is 9.69 Å². The van der Waals surface area contributed by atoms with Crippen LogP contribution < -0.4 is 10.2 Å². The fourth-order valence-electron chi connectivity index (χ4n) is 3.53. The van der Waals surface area contributed by atoms with Gasteiger partial charge in [-0.25, -0.2) is 9.97 Å². The Bertz CT molecular complexity index is 984. The van der Waals surface area contributed by atoms with Crippen LogP contribution in [0.3, 0.4) is 0 Å². The number of fused-ring (bicyclic) bond motifs is 1. The Kier molecular flexibility index (Phi) is 5.41. The van der Waals surface area contributed by atoms with Crippen molar-refractivity contribution in [1.29, 1.82) is 0 Å². The zero-order valence-corrected chi connectivity index (χ0v) is 16.5. The molecule has 2 aromatic carbocycles. The lowest BCUT2D eigenvalue weighted by Crippen LogP contribution is -2.49. The Morgan fingerprint density at radius 1 is 1.07 bits per heavy atom. The number of hydrogen-bond acceptors (Lipinski definition) is 5. The topological polar surface area (TPSA) is 61.4 Å². The van der Waals surface area contributed by atoms with E-state index in [1.165, 1.54) is 0 Å². The Morgan fingerprint density at radius 3 is 2.57 bits per heavy atom. The van der Waals surface area contributed by atoms with E-state index in [9.17, 15) is 4.79 Å². The van der Waals surface area contributed by atoms with Crippen molar-refractivity contribution in [3.8, 4) is 0 Å². The number of nitrogens with zero attached hydrogens (tertiary/aromatic N) is 4. The van der Waals surface area contributed by atoms with Crippen LogP contribution in [-0.4, -0.2) is 53.5 Å². The number of carbonyl (C=O) groups is 1. The first-order valence-electron chi connectivity index (χ1n) is 9.33. The summed E-state index contributed by atoms with van der Waals surface area (Å²) in [4.78, 5) is 25.7. The van der Waals surface area contributed by atoms with Crippen molar-refractivity contribution >= 4 is 39.9 Å². The molecule has 0 unspecified atom stereocenters. The van der Waals surface area contributed by atoms with E-state index >= 15 is 0 Å². The van der Waals surface area contributed by atoms with Gasteiger partial charge in [0.25, 0.3) is 0 Å². The first kappa shape index (κ1) is 18.7. The molecule has 1 amide bonds. The molecule has 1 N–H and O–H groups in total. The van der Waals surface area contributed by atoms with Gasteiger partial charge in [0, 0.05) is 42.3 Å². The summed E-state index contributed by atoms with van der Waals surface area (Å²) in [6, 6.07) is 13.3. The van der Waals surface area contributed by atoms with E-state index in [-0.39, 0.29) is 5.91 Å². The molecule has 3 aromatic rings. The average molecular weight is 396 g/mol. The van der Waals surface area contributed by atoms with Gasteiger partial charge in [-0.05, 0) is 42.8 Å². The van der Waals surface area contributed by atoms with Crippen molar-refractivity contribution in [2.75, 3.05) is 42.9 Å². The molecule has 1 fully saturated rings. The third kappa shape index (κ3) is 4.08. The highest BCUT2D eigenvalue weighted by atomic mass is 35.5. The van der Waals surface area contributed by atoms with Crippen molar-refractivity contribution in [3.05, 3.63) is 59.4 Å². The summed E-state index contributed by atoms with van der Waals surface area (Å²) in [5.41, 5.74) is 2.91. The molecule has 7 heteroatoms. The molecule has 4 rings (SSSR count). The monoisotopic (exact) mass is 395 g/mol. The number of aromatic nitrogens is 2. The number of para-hydroxylation sites is 1. The lowest BCUT2D eigenvalue weighted by Gasteiger charge is -2.35. The second kappa shape index (κ2) is 8.12. The number of benzene rings is 2. The van der Waals surface area contributed by atoms with Crippen molar-refractivity contribution in [3.63, 3.8) is 0 Å². The normalized spacial score (nSPS) is 15.0. The number of piperazine rings is 1. The van der Waals surface area contributed by atoms with Gasteiger partial charge in [-0.1, -0.05) is 23.7 Å². The maximum absolute atomic E-state index is 12.3. The molecule has 2 heterocycles. The van der Waals surface area contributed by atoms with E-state index in [1.807, 2.05) is 6.07 Å². The number of aryl methyl sites for hydroxylation is 1. The van der Waals surface area contributed by atoms with Gasteiger partial charge in [-0.15, -0.1) is 0 Å². The summed E-state index contributed by atoms with van der Waals surface area (Å²) in [6.07, 6.45) is 1.64. The first-order chi connectivity index (χ1) is 13.6. The fourth-order valence-corrected chi connectivity index (χ4v) is 3.65. The Morgan fingerprint density at radius 2 is 1.82 bits per heavy atom. The summed E-state index contributed by atoms with van der Waals surface area (Å²) in [6.45, 7) is 5.72. The summed E-state index contributed by atoms with van der Waals surface area (Å²) in [5, 5.41) is 4.65. The van der Waals surface area contributed by atoms with Gasteiger partial charge in [0.05, 0.1) is 12.1 Å². The van der Waals surface area contributed by atoms with Crippen molar-refractivity contribution in [1.82, 2.24) is 14.9 Å². The molecule has 0 atom stereocenters. The summed E-state index contributed by atoms with van der Waals surface area (Å²) in [7, 11) is 0. The molecule has 1 saturated heterocycles. The molecule has 0 spiro atoms. The van der Waals surface area contributed by atoms with Crippen LogP contribution in [0.5, 0.6) is 0 Å². The van der Waals surface area contributed by atoms with Crippen molar-refractivity contribution < 1.29 is 4.79 Å². The predicted molar refractivity (Wildman–Crippen MR) is 113 cm³/mol. The standard InChI is InChI=1S/C21H22ClN5O/c1-15-3-2-4-18-20(15)23-14-24-21(18)27-11-9-26(10-12-27)13-19(28)25-17-7-5-16(22)6-8-17/h2-8,14H,9-13H2,1H3,(H,25,28).